The number of piperazine rings is 1. The Labute approximate surface area is 832 Å². The quantitative estimate of drug-likeness (QED) is 0.0556. The van der Waals surface area contributed by atoms with Gasteiger partial charge in [0.1, 0.15) is 29.9 Å². The van der Waals surface area contributed by atoms with Crippen LogP contribution in [0.4, 0.5) is 0 Å². The lowest BCUT2D eigenvalue weighted by Gasteiger charge is -2.55. The van der Waals surface area contributed by atoms with Crippen LogP contribution < -0.4 is 0 Å². The molecular weight excluding hydrogens is 1740 g/mol. The summed E-state index contributed by atoms with van der Waals surface area (Å²) in [5, 5.41) is 37.5. The number of nitrogens with zero attached hydrogens (tertiary/aromatic N) is 16. The van der Waals surface area contributed by atoms with E-state index in [0.29, 0.717) is 54.6 Å². The van der Waals surface area contributed by atoms with E-state index in [1.165, 1.54) is 335 Å². The van der Waals surface area contributed by atoms with E-state index in [9.17, 15) is 24.6 Å². The number of para-hydroxylation sites is 8. The number of benzene rings is 4. The second kappa shape index (κ2) is 42.0. The number of carbonyl (C=O) groups is 3. The summed E-state index contributed by atoms with van der Waals surface area (Å²) < 4.78 is 10.3. The number of likely N-dealkylation sites (tertiary alicyclic amines) is 2. The minimum absolute atomic E-state index is 0.0379. The number of fused-ring (bicyclic) bond motifs is 20. The molecule has 140 heavy (non-hydrogen) atoms. The molecular formula is C117H166N16O7. The summed E-state index contributed by atoms with van der Waals surface area (Å²) in [6, 6.07) is 45.7. The fourth-order valence-corrected chi connectivity index (χ4v) is 35.3. The largest absolute Gasteiger partial charge is 0.481 e. The molecule has 16 bridgehead atoms. The third-order valence-electron chi connectivity index (χ3n) is 40.6. The molecule has 4 aromatic carbocycles. The monoisotopic (exact) mass is 1910 g/mol. The van der Waals surface area contributed by atoms with Crippen molar-refractivity contribution in [1.82, 2.24) is 77.4 Å². The highest BCUT2D eigenvalue weighted by Crippen LogP contribution is 2.55. The zero-order chi connectivity index (χ0) is 94.2. The van der Waals surface area contributed by atoms with E-state index in [0.717, 1.165) is 195 Å². The van der Waals surface area contributed by atoms with Gasteiger partial charge in [-0.05, 0) is 276 Å². The van der Waals surface area contributed by atoms with Gasteiger partial charge in [-0.15, -0.1) is 0 Å². The lowest BCUT2D eigenvalue weighted by molar-refractivity contribution is -0.140. The predicted molar refractivity (Wildman–Crippen MR) is 552 cm³/mol. The van der Waals surface area contributed by atoms with Crippen molar-refractivity contribution in [2.45, 2.75) is 423 Å². The van der Waals surface area contributed by atoms with Crippen molar-refractivity contribution in [3.05, 3.63) is 120 Å². The summed E-state index contributed by atoms with van der Waals surface area (Å²) in [6.45, 7) is 8.79. The fourth-order valence-electron chi connectivity index (χ4n) is 35.3. The van der Waals surface area contributed by atoms with Gasteiger partial charge >= 0.3 is 17.9 Å². The van der Waals surface area contributed by atoms with Gasteiger partial charge in [0.15, 0.2) is 0 Å². The number of imidazole rings is 4. The summed E-state index contributed by atoms with van der Waals surface area (Å²) >= 11 is 0. The SMILES string of the molecule is O=C(O)CCN1CC(c2nc3ccccc3n2C2C[C@H]3CCC[C@@H](C2)N3C2C[C@H]3CCCC[C@@H](C2)C3)C1.O=C(O)CN1CC(c2nc3ccccc3n2C2C[C@H]3CCC[C@@H](C2)N3C2C[C@H]3CCCC[C@@H](C2)C3)C1.O=C(O)CN1CCN(Cc2nc3ccccc3n2C2C[C@H]3CCC[C@@H](C2)N3C2C[C@H]3CCC[C@@H](C2)C3)CC1.OCc1nc2ccccc2n1C1C[C@H]2CCC[C@@H](C1)N2C1C[C@H]2CCC[C@@H](C1)C2. The first-order valence-electron chi connectivity index (χ1n) is 57.8. The van der Waals surface area contributed by atoms with Crippen LogP contribution in [0.25, 0.3) is 44.1 Å². The summed E-state index contributed by atoms with van der Waals surface area (Å²) in [6.07, 6.45) is 65.1. The maximum atomic E-state index is 11.2. The number of aliphatic hydroxyl groups is 1. The van der Waals surface area contributed by atoms with E-state index in [4.69, 9.17) is 30.1 Å². The minimum atomic E-state index is -0.732. The highest BCUT2D eigenvalue weighted by Gasteiger charge is 2.53. The minimum Gasteiger partial charge on any atom is -0.481 e. The predicted octanol–water partition coefficient (Wildman–Crippen LogP) is 21.1. The van der Waals surface area contributed by atoms with Gasteiger partial charge < -0.3 is 43.6 Å². The number of aliphatic carboxylic acids is 3. The van der Waals surface area contributed by atoms with Crippen LogP contribution in [0.15, 0.2) is 97.1 Å². The lowest BCUT2D eigenvalue weighted by Crippen LogP contribution is -2.58. The van der Waals surface area contributed by atoms with Gasteiger partial charge in [-0.25, -0.2) is 19.9 Å². The van der Waals surface area contributed by atoms with Crippen molar-refractivity contribution in [1.29, 1.82) is 0 Å². The molecule has 23 heteroatoms. The first-order chi connectivity index (χ1) is 68.6. The Morgan fingerprint density at radius 1 is 0.264 bits per heavy atom. The lowest BCUT2D eigenvalue weighted by atomic mass is 9.68. The van der Waals surface area contributed by atoms with Gasteiger partial charge in [-0.1, -0.05) is 164 Å². The maximum absolute atomic E-state index is 11.2. The molecule has 0 amide bonds. The van der Waals surface area contributed by atoms with E-state index >= 15 is 0 Å². The summed E-state index contributed by atoms with van der Waals surface area (Å²) in [4.78, 5) is 74.7. The summed E-state index contributed by atoms with van der Waals surface area (Å²) in [5.74, 6) is 11.0. The van der Waals surface area contributed by atoms with E-state index < -0.39 is 17.9 Å². The molecule has 23 nitrogen and oxygen atoms in total. The van der Waals surface area contributed by atoms with Crippen LogP contribution in [0.2, 0.25) is 0 Å². The Hall–Kier alpha value is -7.19. The van der Waals surface area contributed by atoms with E-state index in [1.54, 1.807) is 0 Å². The van der Waals surface area contributed by atoms with Crippen molar-refractivity contribution in [2.24, 2.45) is 47.3 Å². The molecule has 8 unspecified atom stereocenters. The van der Waals surface area contributed by atoms with Crippen LogP contribution >= 0.6 is 0 Å². The molecule has 8 aromatic rings. The Morgan fingerprint density at radius 3 is 0.864 bits per heavy atom. The number of hydrogen-bond acceptors (Lipinski definition) is 16. The Morgan fingerprint density at radius 2 is 0.536 bits per heavy atom. The number of carboxylic acid groups (broad SMARTS) is 3. The first kappa shape index (κ1) is 95.0. The molecule has 4 N–H and O–H groups in total. The third-order valence-corrected chi connectivity index (χ3v) is 40.6. The topological polar surface area (TPSA) is 229 Å². The van der Waals surface area contributed by atoms with Crippen molar-refractivity contribution in [2.75, 3.05) is 72.0 Å². The molecule has 0 spiro atoms. The first-order valence-corrected chi connectivity index (χ1v) is 57.8. The van der Waals surface area contributed by atoms with E-state index in [1.807, 2.05) is 4.90 Å². The van der Waals surface area contributed by atoms with Gasteiger partial charge in [-0.3, -0.25) is 48.7 Å². The highest BCUT2D eigenvalue weighted by atomic mass is 16.4. The molecule has 8 aliphatic carbocycles. The molecule has 756 valence electrons. The number of rotatable bonds is 20. The number of carboxylic acids is 3. The normalized spacial score (nSPS) is 35.8. The van der Waals surface area contributed by atoms with E-state index in [-0.39, 0.29) is 26.1 Å². The Kier molecular flexibility index (Phi) is 28.5. The fraction of sp³-hybridized carbons (Fsp3) is 0.735. The molecule has 24 atom stereocenters. The third kappa shape index (κ3) is 20.0. The van der Waals surface area contributed by atoms with Gasteiger partial charge in [0.2, 0.25) is 0 Å². The zero-order valence-corrected chi connectivity index (χ0v) is 84.3. The number of piperidine rings is 8. The van der Waals surface area contributed by atoms with Crippen LogP contribution in [0.5, 0.6) is 0 Å². The second-order valence-electron chi connectivity index (χ2n) is 49.5. The average Bonchev–Trinajstić information content (AvgIpc) is 1.66. The summed E-state index contributed by atoms with van der Waals surface area (Å²) in [7, 11) is 0. The summed E-state index contributed by atoms with van der Waals surface area (Å²) in [5.41, 5.74) is 9.49. The van der Waals surface area contributed by atoms with Crippen LogP contribution in [-0.2, 0) is 27.5 Å². The van der Waals surface area contributed by atoms with Crippen LogP contribution in [0.1, 0.15) is 361 Å². The van der Waals surface area contributed by atoms with Gasteiger partial charge in [0.25, 0.3) is 0 Å². The molecule has 27 rings (SSSR count). The molecule has 19 fully saturated rings. The van der Waals surface area contributed by atoms with Crippen LogP contribution in [0, 0.1) is 47.3 Å². The smallest absolute Gasteiger partial charge is 0.317 e. The van der Waals surface area contributed by atoms with Crippen LogP contribution in [0.3, 0.4) is 0 Å². The molecule has 0 radical (unpaired) electrons. The highest BCUT2D eigenvalue weighted by molar-refractivity contribution is 5.79. The van der Waals surface area contributed by atoms with Crippen molar-refractivity contribution in [3.8, 4) is 0 Å². The standard InChI is InChI=1S/C31H45N5O2.C31H44N4O2.C30H42N4O2.C25H35N3O/c37-31(38)21-34-13-11-33(12-14-34)20-30-32-28-9-1-2-10-29(28)36(30)27-18-24-7-4-8-25(19-27)35(24)26-16-22-5-3-6-23(15-22)17-26;36-30(37)12-13-33-19-23(20-33)31-32-28-10-3-4-11-29(28)35(31)27-17-24-8-5-9-25(18-27)34(24)26-15-21-6-1-2-7-22(14-21)16-26;35-29(36)19-32-17-22(18-32)30-31-27-10-3-4-11-28(27)34(30)26-15-23-8-5-9-24(16-26)33(23)25-13-20-6-1-2-7-21(12-20)14-25;29-16-25-26-23-9-1-2-10-24(23)28(25)22-14-19-7-4-8-20(15-22)27(19)21-12-17-5-3-6-18(11-17)13-21/h1-2,9-10,22-27H,3-8,11-21H2,(H,37,38);3-4,10-11,21-27H,1-2,5-9,12-20H2,(H,36,37);3-4,10-11,20-26H,1-2,5-9,12-19H2,(H,35,36);1-2,9-10,17-22,29H,3-8,11-16H2/t22-,23+,24-,25+,26?,27?;21-,22+,24-,25+,26?,27?;20-,21+,23-,24+,25?,26?;17-,18+,19-,20+,21?,22?. The average molecular weight is 1910 g/mol. The molecule has 11 saturated heterocycles. The number of aromatic nitrogens is 8. The van der Waals surface area contributed by atoms with Crippen molar-refractivity contribution < 1.29 is 34.8 Å². The molecule has 4 aromatic heterocycles. The van der Waals surface area contributed by atoms with E-state index in [2.05, 4.69) is 150 Å². The second-order valence-corrected chi connectivity index (χ2v) is 49.5. The molecule has 8 saturated carbocycles. The van der Waals surface area contributed by atoms with Gasteiger partial charge in [-0.2, -0.15) is 0 Å². The molecule has 11 aliphatic heterocycles. The number of hydrogen-bond donors (Lipinski definition) is 4. The van der Waals surface area contributed by atoms with Crippen molar-refractivity contribution >= 4 is 62.0 Å². The van der Waals surface area contributed by atoms with Crippen molar-refractivity contribution in [3.63, 3.8) is 0 Å². The zero-order valence-electron chi connectivity index (χ0n) is 84.3. The van der Waals surface area contributed by atoms with Gasteiger partial charge in [0.05, 0.1) is 70.2 Å². The molecule has 15 heterocycles. The maximum Gasteiger partial charge on any atom is 0.317 e. The number of aliphatic hydroxyl groups excluding tert-OH is 1. The Bertz CT molecular complexity index is 5480. The van der Waals surface area contributed by atoms with Crippen LogP contribution in [-0.4, -0.2) is 260 Å². The molecule has 19 aliphatic rings. The van der Waals surface area contributed by atoms with Gasteiger partial charge in [0, 0.05) is 167 Å². The Balaban J connectivity index is 0.000000102.